The molecule has 1 aliphatic rings. The zero-order valence-corrected chi connectivity index (χ0v) is 11.7. The van der Waals surface area contributed by atoms with E-state index in [0.717, 1.165) is 36.5 Å². The van der Waals surface area contributed by atoms with Crippen LogP contribution in [0.4, 0.5) is 11.4 Å². The molecule has 5 nitrogen and oxygen atoms in total. The van der Waals surface area contributed by atoms with Crippen LogP contribution < -0.4 is 10.6 Å². The van der Waals surface area contributed by atoms with E-state index >= 15 is 0 Å². The molecule has 1 aliphatic heterocycles. The van der Waals surface area contributed by atoms with Crippen LogP contribution in [0.3, 0.4) is 0 Å². The van der Waals surface area contributed by atoms with Crippen molar-refractivity contribution in [3.05, 3.63) is 41.2 Å². The Morgan fingerprint density at radius 2 is 2.30 bits per heavy atom. The second kappa shape index (κ2) is 5.00. The van der Waals surface area contributed by atoms with Gasteiger partial charge >= 0.3 is 0 Å². The second-order valence-corrected chi connectivity index (χ2v) is 5.11. The minimum absolute atomic E-state index is 0.118. The Morgan fingerprint density at radius 3 is 3.05 bits per heavy atom. The van der Waals surface area contributed by atoms with Crippen LogP contribution in [0.5, 0.6) is 0 Å². The van der Waals surface area contributed by atoms with Gasteiger partial charge in [-0.05, 0) is 43.5 Å². The summed E-state index contributed by atoms with van der Waals surface area (Å²) in [6, 6.07) is 7.76. The van der Waals surface area contributed by atoms with Crippen molar-refractivity contribution in [3.8, 4) is 0 Å². The molecule has 2 aromatic rings. The van der Waals surface area contributed by atoms with E-state index in [9.17, 15) is 4.79 Å². The predicted molar refractivity (Wildman–Crippen MR) is 79.2 cm³/mol. The highest BCUT2D eigenvalue weighted by Gasteiger charge is 2.16. The maximum absolute atomic E-state index is 12.3. The summed E-state index contributed by atoms with van der Waals surface area (Å²) < 4.78 is 1.61. The number of amides is 1. The summed E-state index contributed by atoms with van der Waals surface area (Å²) in [7, 11) is 1.78. The van der Waals surface area contributed by atoms with E-state index in [2.05, 4.69) is 21.8 Å². The first kappa shape index (κ1) is 12.7. The summed E-state index contributed by atoms with van der Waals surface area (Å²) >= 11 is 0. The maximum Gasteiger partial charge on any atom is 0.273 e. The number of anilines is 2. The first-order valence-electron chi connectivity index (χ1n) is 6.83. The highest BCUT2D eigenvalue weighted by Crippen LogP contribution is 2.29. The molecule has 0 aliphatic carbocycles. The molecule has 5 heteroatoms. The summed E-state index contributed by atoms with van der Waals surface area (Å²) in [6.45, 7) is 2.87. The molecule has 104 valence electrons. The smallest absolute Gasteiger partial charge is 0.273 e. The molecule has 2 heterocycles. The number of fused-ring (bicyclic) bond motifs is 1. The highest BCUT2D eigenvalue weighted by molar-refractivity contribution is 6.04. The molecule has 0 saturated heterocycles. The van der Waals surface area contributed by atoms with Gasteiger partial charge in [-0.2, -0.15) is 5.10 Å². The van der Waals surface area contributed by atoms with Crippen LogP contribution in [-0.4, -0.2) is 22.2 Å². The summed E-state index contributed by atoms with van der Waals surface area (Å²) in [5, 5.41) is 10.6. The molecular formula is C15H18N4O. The molecule has 1 aromatic carbocycles. The van der Waals surface area contributed by atoms with E-state index in [-0.39, 0.29) is 5.91 Å². The van der Waals surface area contributed by atoms with Gasteiger partial charge in [-0.3, -0.25) is 9.48 Å². The number of aryl methyl sites for hydroxylation is 2. The van der Waals surface area contributed by atoms with E-state index in [1.54, 1.807) is 17.8 Å². The van der Waals surface area contributed by atoms with Crippen molar-refractivity contribution in [1.82, 2.24) is 9.78 Å². The van der Waals surface area contributed by atoms with Gasteiger partial charge in [-0.15, -0.1) is 0 Å². The van der Waals surface area contributed by atoms with Gasteiger partial charge in [-0.25, -0.2) is 0 Å². The molecule has 1 aromatic heterocycles. The third-order valence-electron chi connectivity index (χ3n) is 3.58. The summed E-state index contributed by atoms with van der Waals surface area (Å²) in [5.41, 5.74) is 4.61. The van der Waals surface area contributed by atoms with Gasteiger partial charge in [0.2, 0.25) is 0 Å². The molecule has 20 heavy (non-hydrogen) atoms. The van der Waals surface area contributed by atoms with Gasteiger partial charge in [0, 0.05) is 25.0 Å². The third kappa shape index (κ3) is 2.27. The topological polar surface area (TPSA) is 59.0 Å². The highest BCUT2D eigenvalue weighted by atomic mass is 16.2. The Bertz CT molecular complexity index is 660. The quantitative estimate of drug-likeness (QED) is 0.880. The van der Waals surface area contributed by atoms with E-state index in [0.29, 0.717) is 5.69 Å². The molecule has 2 N–H and O–H groups in total. The molecule has 0 unspecified atom stereocenters. The van der Waals surface area contributed by atoms with Crippen LogP contribution in [0.15, 0.2) is 24.3 Å². The van der Waals surface area contributed by atoms with E-state index < -0.39 is 0 Å². The lowest BCUT2D eigenvalue weighted by Gasteiger charge is -2.21. The SMILES string of the molecule is Cc1cc(C(=O)Nc2cccc3c2CCCN3)n(C)n1. The van der Waals surface area contributed by atoms with Gasteiger partial charge in [0.15, 0.2) is 0 Å². The van der Waals surface area contributed by atoms with Crippen molar-refractivity contribution in [1.29, 1.82) is 0 Å². The van der Waals surface area contributed by atoms with Crippen LogP contribution in [0.25, 0.3) is 0 Å². The first-order valence-corrected chi connectivity index (χ1v) is 6.83. The lowest BCUT2D eigenvalue weighted by atomic mass is 10.0. The molecule has 0 fully saturated rings. The molecule has 0 spiro atoms. The number of carbonyl (C=O) groups excluding carboxylic acids is 1. The minimum Gasteiger partial charge on any atom is -0.385 e. The van der Waals surface area contributed by atoms with Gasteiger partial charge in [0.1, 0.15) is 5.69 Å². The minimum atomic E-state index is -0.118. The van der Waals surface area contributed by atoms with Crippen LogP contribution in [0, 0.1) is 6.92 Å². The van der Waals surface area contributed by atoms with Gasteiger partial charge in [-0.1, -0.05) is 6.07 Å². The molecular weight excluding hydrogens is 252 g/mol. The Morgan fingerprint density at radius 1 is 1.45 bits per heavy atom. The molecule has 0 atom stereocenters. The first-order chi connectivity index (χ1) is 9.65. The van der Waals surface area contributed by atoms with E-state index in [1.807, 2.05) is 19.1 Å². The zero-order chi connectivity index (χ0) is 14.1. The average molecular weight is 270 g/mol. The molecule has 3 rings (SSSR count). The Labute approximate surface area is 118 Å². The average Bonchev–Trinajstić information content (AvgIpc) is 2.78. The van der Waals surface area contributed by atoms with Crippen molar-refractivity contribution in [2.75, 3.05) is 17.2 Å². The van der Waals surface area contributed by atoms with Crippen molar-refractivity contribution in [2.45, 2.75) is 19.8 Å². The number of carbonyl (C=O) groups is 1. The van der Waals surface area contributed by atoms with E-state index in [1.165, 1.54) is 5.56 Å². The largest absolute Gasteiger partial charge is 0.385 e. The van der Waals surface area contributed by atoms with Crippen molar-refractivity contribution in [2.24, 2.45) is 7.05 Å². The molecule has 1 amide bonds. The van der Waals surface area contributed by atoms with Crippen LogP contribution in [0.1, 0.15) is 28.2 Å². The number of rotatable bonds is 2. The van der Waals surface area contributed by atoms with Crippen molar-refractivity contribution in [3.63, 3.8) is 0 Å². The number of aromatic nitrogens is 2. The fourth-order valence-electron chi connectivity index (χ4n) is 2.64. The number of benzene rings is 1. The summed E-state index contributed by atoms with van der Waals surface area (Å²) in [6.07, 6.45) is 2.08. The lowest BCUT2D eigenvalue weighted by Crippen LogP contribution is -2.19. The molecule has 0 bridgehead atoms. The third-order valence-corrected chi connectivity index (χ3v) is 3.58. The standard InChI is InChI=1S/C15H18N4O/c1-10-9-14(19(2)18-10)15(20)17-13-7-3-6-12-11(13)5-4-8-16-12/h3,6-7,9,16H,4-5,8H2,1-2H3,(H,17,20). The monoisotopic (exact) mass is 270 g/mol. The number of nitrogens with zero attached hydrogens (tertiary/aromatic N) is 2. The van der Waals surface area contributed by atoms with Gasteiger partial charge in [0.05, 0.1) is 5.69 Å². The van der Waals surface area contributed by atoms with Gasteiger partial charge < -0.3 is 10.6 Å². The van der Waals surface area contributed by atoms with Crippen LogP contribution >= 0.6 is 0 Å². The number of hydrogen-bond acceptors (Lipinski definition) is 3. The predicted octanol–water partition coefficient (Wildman–Crippen LogP) is 2.34. The second-order valence-electron chi connectivity index (χ2n) is 5.11. The van der Waals surface area contributed by atoms with Crippen molar-refractivity contribution >= 4 is 17.3 Å². The van der Waals surface area contributed by atoms with Crippen LogP contribution in [-0.2, 0) is 13.5 Å². The Balaban J connectivity index is 1.88. The lowest BCUT2D eigenvalue weighted by molar-refractivity contribution is 0.101. The Kier molecular flexibility index (Phi) is 3.18. The van der Waals surface area contributed by atoms with Crippen molar-refractivity contribution < 1.29 is 4.79 Å². The van der Waals surface area contributed by atoms with E-state index in [4.69, 9.17) is 0 Å². The molecule has 0 radical (unpaired) electrons. The number of hydrogen-bond donors (Lipinski definition) is 2. The fourth-order valence-corrected chi connectivity index (χ4v) is 2.64. The Hall–Kier alpha value is -2.30. The van der Waals surface area contributed by atoms with Crippen LogP contribution in [0.2, 0.25) is 0 Å². The molecule has 0 saturated carbocycles. The number of nitrogens with one attached hydrogen (secondary N) is 2. The normalized spacial score (nSPS) is 13.5. The summed E-state index contributed by atoms with van der Waals surface area (Å²) in [4.78, 5) is 12.3. The maximum atomic E-state index is 12.3. The summed E-state index contributed by atoms with van der Waals surface area (Å²) in [5.74, 6) is -0.118. The van der Waals surface area contributed by atoms with Gasteiger partial charge in [0.25, 0.3) is 5.91 Å². The zero-order valence-electron chi connectivity index (χ0n) is 11.7. The fraction of sp³-hybridized carbons (Fsp3) is 0.333.